The number of carbonyl (C=O) groups excluding carboxylic acids is 1. The van der Waals surface area contributed by atoms with Crippen molar-refractivity contribution in [1.29, 1.82) is 0 Å². The van der Waals surface area contributed by atoms with E-state index in [1.54, 1.807) is 30.5 Å². The number of halogens is 1. The molecule has 0 aliphatic rings. The first-order valence-corrected chi connectivity index (χ1v) is 9.20. The molecule has 1 aromatic carbocycles. The van der Waals surface area contributed by atoms with Gasteiger partial charge in [0.2, 0.25) is 0 Å². The number of hydrogen-bond acceptors (Lipinski definition) is 4. The fraction of sp³-hybridized carbons (Fsp3) is 0.389. The van der Waals surface area contributed by atoms with E-state index in [1.807, 2.05) is 18.2 Å². The second kappa shape index (κ2) is 11.8. The lowest BCUT2D eigenvalue weighted by atomic mass is 10.2. The molecule has 2 aromatic rings. The van der Waals surface area contributed by atoms with Gasteiger partial charge in [-0.1, -0.05) is 32.0 Å². The molecule has 3 N–H and O–H groups in total. The van der Waals surface area contributed by atoms with Gasteiger partial charge in [-0.05, 0) is 18.1 Å². The first kappa shape index (κ1) is 22.4. The SMILES string of the molecule is CN=C(NCCNC(=O)c1ccccc1)NCc1nc(C(C)C)cs1.I. The molecular weight excluding hydrogens is 461 g/mol. The number of nitrogens with zero attached hydrogens (tertiary/aromatic N) is 2. The van der Waals surface area contributed by atoms with Crippen LogP contribution in [0.2, 0.25) is 0 Å². The van der Waals surface area contributed by atoms with Crippen molar-refractivity contribution in [3.63, 3.8) is 0 Å². The summed E-state index contributed by atoms with van der Waals surface area (Å²) in [6, 6.07) is 9.18. The van der Waals surface area contributed by atoms with Crippen LogP contribution in [0.1, 0.15) is 40.8 Å². The Kier molecular flexibility index (Phi) is 10.2. The Bertz CT molecular complexity index is 703. The number of carbonyl (C=O) groups is 1. The van der Waals surface area contributed by atoms with Crippen molar-refractivity contribution in [2.75, 3.05) is 20.1 Å². The van der Waals surface area contributed by atoms with Crippen LogP contribution in [0.25, 0.3) is 0 Å². The maximum atomic E-state index is 11.9. The van der Waals surface area contributed by atoms with E-state index in [-0.39, 0.29) is 29.9 Å². The number of guanidine groups is 1. The van der Waals surface area contributed by atoms with Gasteiger partial charge in [0.05, 0.1) is 12.2 Å². The number of rotatable bonds is 7. The summed E-state index contributed by atoms with van der Waals surface area (Å²) in [7, 11) is 1.72. The number of aliphatic imine (C=N–C) groups is 1. The average molecular weight is 487 g/mol. The Balaban J connectivity index is 0.00000338. The maximum Gasteiger partial charge on any atom is 0.251 e. The number of amides is 1. The quantitative estimate of drug-likeness (QED) is 0.243. The summed E-state index contributed by atoms with van der Waals surface area (Å²) in [5, 5.41) is 12.4. The molecule has 6 nitrogen and oxygen atoms in total. The molecule has 0 bridgehead atoms. The average Bonchev–Trinajstić information content (AvgIpc) is 3.11. The molecule has 0 fully saturated rings. The van der Waals surface area contributed by atoms with Gasteiger partial charge in [0.15, 0.2) is 5.96 Å². The molecule has 26 heavy (non-hydrogen) atoms. The van der Waals surface area contributed by atoms with E-state index in [0.29, 0.717) is 37.1 Å². The molecule has 1 heterocycles. The minimum absolute atomic E-state index is 0. The van der Waals surface area contributed by atoms with Gasteiger partial charge in [0, 0.05) is 31.1 Å². The number of nitrogens with one attached hydrogen (secondary N) is 3. The summed E-state index contributed by atoms with van der Waals surface area (Å²) in [6.07, 6.45) is 0. The Morgan fingerprint density at radius 3 is 2.46 bits per heavy atom. The molecular formula is C18H26IN5OS. The number of thiazole rings is 1. The van der Waals surface area contributed by atoms with E-state index in [9.17, 15) is 4.79 Å². The third-order valence-electron chi connectivity index (χ3n) is 3.53. The van der Waals surface area contributed by atoms with Crippen molar-refractivity contribution in [1.82, 2.24) is 20.9 Å². The van der Waals surface area contributed by atoms with Crippen LogP contribution in [-0.4, -0.2) is 37.0 Å². The minimum atomic E-state index is -0.0747. The van der Waals surface area contributed by atoms with Gasteiger partial charge in [-0.25, -0.2) is 4.98 Å². The molecule has 0 spiro atoms. The van der Waals surface area contributed by atoms with E-state index in [2.05, 4.69) is 45.2 Å². The van der Waals surface area contributed by atoms with Gasteiger partial charge >= 0.3 is 0 Å². The molecule has 0 aliphatic carbocycles. The summed E-state index contributed by atoms with van der Waals surface area (Å²) in [6.45, 7) is 6.01. The molecule has 0 unspecified atom stereocenters. The van der Waals surface area contributed by atoms with Gasteiger partial charge in [-0.15, -0.1) is 35.3 Å². The van der Waals surface area contributed by atoms with Gasteiger partial charge in [-0.2, -0.15) is 0 Å². The second-order valence-electron chi connectivity index (χ2n) is 5.80. The summed E-state index contributed by atoms with van der Waals surface area (Å²) in [4.78, 5) is 20.7. The summed E-state index contributed by atoms with van der Waals surface area (Å²) in [5.41, 5.74) is 1.78. The molecule has 0 radical (unpaired) electrons. The Morgan fingerprint density at radius 1 is 1.15 bits per heavy atom. The van der Waals surface area contributed by atoms with Crippen LogP contribution in [0, 0.1) is 0 Å². The second-order valence-corrected chi connectivity index (χ2v) is 6.74. The van der Waals surface area contributed by atoms with Crippen LogP contribution in [0.15, 0.2) is 40.7 Å². The van der Waals surface area contributed by atoms with Crippen LogP contribution in [0.4, 0.5) is 0 Å². The van der Waals surface area contributed by atoms with Gasteiger partial charge in [-0.3, -0.25) is 9.79 Å². The molecule has 0 saturated heterocycles. The van der Waals surface area contributed by atoms with Gasteiger partial charge < -0.3 is 16.0 Å². The van der Waals surface area contributed by atoms with Crippen LogP contribution in [0.3, 0.4) is 0 Å². The normalized spacial score (nSPS) is 11.0. The van der Waals surface area contributed by atoms with Crippen LogP contribution < -0.4 is 16.0 Å². The third-order valence-corrected chi connectivity index (χ3v) is 4.40. The van der Waals surface area contributed by atoms with Crippen molar-refractivity contribution in [3.8, 4) is 0 Å². The van der Waals surface area contributed by atoms with Crippen LogP contribution >= 0.6 is 35.3 Å². The highest BCUT2D eigenvalue weighted by Crippen LogP contribution is 2.17. The van der Waals surface area contributed by atoms with Crippen molar-refractivity contribution in [3.05, 3.63) is 52.0 Å². The highest BCUT2D eigenvalue weighted by atomic mass is 127. The molecule has 142 valence electrons. The minimum Gasteiger partial charge on any atom is -0.355 e. The number of hydrogen-bond donors (Lipinski definition) is 3. The summed E-state index contributed by atoms with van der Waals surface area (Å²) < 4.78 is 0. The standard InChI is InChI=1S/C18H25N5OS.HI/c1-13(2)15-12-25-16(23-15)11-22-18(19-3)21-10-9-20-17(24)14-7-5-4-6-8-14;/h4-8,12-13H,9-11H2,1-3H3,(H,20,24)(H2,19,21,22);1H. The topological polar surface area (TPSA) is 78.4 Å². The van der Waals surface area contributed by atoms with Crippen LogP contribution in [-0.2, 0) is 6.54 Å². The predicted molar refractivity (Wildman–Crippen MR) is 119 cm³/mol. The van der Waals surface area contributed by atoms with Crippen molar-refractivity contribution < 1.29 is 4.79 Å². The lowest BCUT2D eigenvalue weighted by Crippen LogP contribution is -2.41. The number of benzene rings is 1. The lowest BCUT2D eigenvalue weighted by molar-refractivity contribution is 0.0954. The fourth-order valence-corrected chi connectivity index (χ4v) is 3.00. The van der Waals surface area contributed by atoms with E-state index in [4.69, 9.17) is 0 Å². The smallest absolute Gasteiger partial charge is 0.251 e. The maximum absolute atomic E-state index is 11.9. The van der Waals surface area contributed by atoms with Crippen molar-refractivity contribution in [2.45, 2.75) is 26.3 Å². The Hall–Kier alpha value is -1.68. The molecule has 1 aromatic heterocycles. The van der Waals surface area contributed by atoms with Crippen LogP contribution in [0.5, 0.6) is 0 Å². The molecule has 1 amide bonds. The zero-order chi connectivity index (χ0) is 18.1. The van der Waals surface area contributed by atoms with E-state index in [1.165, 1.54) is 0 Å². The summed E-state index contributed by atoms with van der Waals surface area (Å²) in [5.74, 6) is 1.06. The first-order valence-electron chi connectivity index (χ1n) is 8.32. The largest absolute Gasteiger partial charge is 0.355 e. The highest BCUT2D eigenvalue weighted by molar-refractivity contribution is 14.0. The number of aromatic nitrogens is 1. The van der Waals surface area contributed by atoms with E-state index in [0.717, 1.165) is 10.7 Å². The molecule has 2 rings (SSSR count). The third kappa shape index (κ3) is 7.28. The zero-order valence-corrected chi connectivity index (χ0v) is 18.4. The molecule has 0 aliphatic heterocycles. The Morgan fingerprint density at radius 2 is 1.85 bits per heavy atom. The predicted octanol–water partition coefficient (Wildman–Crippen LogP) is 2.98. The summed E-state index contributed by atoms with van der Waals surface area (Å²) >= 11 is 1.65. The zero-order valence-electron chi connectivity index (χ0n) is 15.3. The van der Waals surface area contributed by atoms with Crippen molar-refractivity contribution in [2.24, 2.45) is 4.99 Å². The first-order chi connectivity index (χ1) is 12.1. The van der Waals surface area contributed by atoms with Gasteiger partial charge in [0.1, 0.15) is 5.01 Å². The monoisotopic (exact) mass is 487 g/mol. The fourth-order valence-electron chi connectivity index (χ4n) is 2.10. The van der Waals surface area contributed by atoms with Crippen molar-refractivity contribution >= 4 is 47.2 Å². The molecule has 0 atom stereocenters. The van der Waals surface area contributed by atoms with Gasteiger partial charge in [0.25, 0.3) is 5.91 Å². The highest BCUT2D eigenvalue weighted by Gasteiger charge is 2.07. The molecule has 8 heteroatoms. The molecule has 0 saturated carbocycles. The lowest BCUT2D eigenvalue weighted by Gasteiger charge is -2.11. The van der Waals surface area contributed by atoms with E-state index >= 15 is 0 Å². The Labute approximate surface area is 175 Å². The van der Waals surface area contributed by atoms with E-state index < -0.39 is 0 Å².